The lowest BCUT2D eigenvalue weighted by atomic mass is 10.1. The number of hydrogen-bond donors (Lipinski definition) is 2. The van der Waals surface area contributed by atoms with Crippen LogP contribution in [0.2, 0.25) is 0 Å². The molecule has 0 heterocycles. The summed E-state index contributed by atoms with van der Waals surface area (Å²) in [4.78, 5) is 2.23. The predicted octanol–water partition coefficient (Wildman–Crippen LogP) is 1.30. The average molecular weight is 313 g/mol. The van der Waals surface area contributed by atoms with Crippen LogP contribution in [0.3, 0.4) is 0 Å². The van der Waals surface area contributed by atoms with Crippen molar-refractivity contribution in [2.24, 2.45) is 5.73 Å². The summed E-state index contributed by atoms with van der Waals surface area (Å²) >= 11 is 0. The number of rotatable bonds is 10. The van der Waals surface area contributed by atoms with Crippen molar-refractivity contribution in [1.29, 1.82) is 0 Å². The Balaban J connectivity index is 2.45. The molecule has 0 radical (unpaired) electrons. The third-order valence-electron chi connectivity index (χ3n) is 3.35. The molecular formula is C15H27N3O2S. The molecule has 0 saturated heterocycles. The minimum absolute atomic E-state index is 0.0117. The summed E-state index contributed by atoms with van der Waals surface area (Å²) in [5.74, 6) is 0.0117. The Kier molecular flexibility index (Phi) is 7.88. The Labute approximate surface area is 128 Å². The molecule has 0 aliphatic carbocycles. The predicted molar refractivity (Wildman–Crippen MR) is 87.4 cm³/mol. The second-order valence-corrected chi connectivity index (χ2v) is 6.92. The molecule has 120 valence electrons. The molecule has 3 N–H and O–H groups in total. The maximum atomic E-state index is 12.0. The summed E-state index contributed by atoms with van der Waals surface area (Å²) in [6, 6.07) is 7.36. The van der Waals surface area contributed by atoms with Crippen LogP contribution in [0.15, 0.2) is 24.3 Å². The Morgan fingerprint density at radius 2 is 1.71 bits per heavy atom. The molecule has 0 amide bonds. The second-order valence-electron chi connectivity index (χ2n) is 5.11. The van der Waals surface area contributed by atoms with Crippen LogP contribution in [-0.2, 0) is 22.3 Å². The highest BCUT2D eigenvalue weighted by Gasteiger charge is 2.11. The molecule has 21 heavy (non-hydrogen) atoms. The summed E-state index contributed by atoms with van der Waals surface area (Å²) in [7, 11) is -3.28. The van der Waals surface area contributed by atoms with Gasteiger partial charge in [0, 0.05) is 19.6 Å². The number of benzene rings is 1. The van der Waals surface area contributed by atoms with Gasteiger partial charge in [-0.25, -0.2) is 13.1 Å². The van der Waals surface area contributed by atoms with Crippen LogP contribution in [0.4, 0.5) is 0 Å². The lowest BCUT2D eigenvalue weighted by Crippen LogP contribution is -2.35. The summed E-state index contributed by atoms with van der Waals surface area (Å²) in [6.45, 7) is 7.82. The fraction of sp³-hybridized carbons (Fsp3) is 0.600. The zero-order valence-electron chi connectivity index (χ0n) is 13.0. The van der Waals surface area contributed by atoms with Crippen molar-refractivity contribution in [3.8, 4) is 0 Å². The molecule has 0 saturated carbocycles. The van der Waals surface area contributed by atoms with Gasteiger partial charge in [0.1, 0.15) is 0 Å². The lowest BCUT2D eigenvalue weighted by Gasteiger charge is -2.19. The van der Waals surface area contributed by atoms with Crippen molar-refractivity contribution in [1.82, 2.24) is 9.62 Å². The highest BCUT2D eigenvalue weighted by molar-refractivity contribution is 7.88. The van der Waals surface area contributed by atoms with Gasteiger partial charge in [-0.2, -0.15) is 0 Å². The molecule has 5 nitrogen and oxygen atoms in total. The first-order valence-electron chi connectivity index (χ1n) is 7.48. The zero-order valence-corrected chi connectivity index (χ0v) is 13.8. The maximum absolute atomic E-state index is 12.0. The Morgan fingerprint density at radius 1 is 1.10 bits per heavy atom. The molecule has 0 atom stereocenters. The highest BCUT2D eigenvalue weighted by atomic mass is 32.2. The Bertz CT molecular complexity index is 500. The molecule has 0 bridgehead atoms. The average Bonchev–Trinajstić information content (AvgIpc) is 2.46. The summed E-state index contributed by atoms with van der Waals surface area (Å²) < 4.78 is 26.7. The van der Waals surface area contributed by atoms with E-state index in [1.54, 1.807) is 0 Å². The maximum Gasteiger partial charge on any atom is 0.215 e. The minimum Gasteiger partial charge on any atom is -0.326 e. The molecular weight excluding hydrogens is 286 g/mol. The van der Waals surface area contributed by atoms with E-state index < -0.39 is 10.0 Å². The highest BCUT2D eigenvalue weighted by Crippen LogP contribution is 2.07. The van der Waals surface area contributed by atoms with E-state index in [9.17, 15) is 8.42 Å². The van der Waals surface area contributed by atoms with E-state index in [4.69, 9.17) is 5.73 Å². The van der Waals surface area contributed by atoms with Crippen LogP contribution in [0, 0.1) is 0 Å². The van der Waals surface area contributed by atoms with Crippen molar-refractivity contribution in [3.05, 3.63) is 35.4 Å². The van der Waals surface area contributed by atoms with Crippen molar-refractivity contribution in [2.75, 3.05) is 26.2 Å². The summed E-state index contributed by atoms with van der Waals surface area (Å²) in [6.07, 6.45) is 1.08. The molecule has 0 aromatic heterocycles. The fourth-order valence-electron chi connectivity index (χ4n) is 2.15. The second kappa shape index (κ2) is 9.15. The van der Waals surface area contributed by atoms with E-state index in [1.807, 2.05) is 24.3 Å². The molecule has 0 fully saturated rings. The fourth-order valence-corrected chi connectivity index (χ4v) is 3.28. The van der Waals surface area contributed by atoms with Crippen LogP contribution in [0.5, 0.6) is 0 Å². The monoisotopic (exact) mass is 313 g/mol. The largest absolute Gasteiger partial charge is 0.326 e. The van der Waals surface area contributed by atoms with Gasteiger partial charge in [0.25, 0.3) is 0 Å². The van der Waals surface area contributed by atoms with E-state index in [0.717, 1.165) is 37.2 Å². The van der Waals surface area contributed by atoms with E-state index in [1.165, 1.54) is 0 Å². The van der Waals surface area contributed by atoms with Gasteiger partial charge in [0.05, 0.1) is 5.75 Å². The Hall–Kier alpha value is -0.950. The van der Waals surface area contributed by atoms with Crippen molar-refractivity contribution < 1.29 is 8.42 Å². The van der Waals surface area contributed by atoms with Gasteiger partial charge in [-0.15, -0.1) is 0 Å². The van der Waals surface area contributed by atoms with Gasteiger partial charge in [-0.1, -0.05) is 38.1 Å². The molecule has 0 unspecified atom stereocenters. The molecule has 1 rings (SSSR count). The SMILES string of the molecule is CCCN(CC)CCNS(=O)(=O)Cc1ccc(CN)cc1. The standard InChI is InChI=1S/C15H27N3O2S/c1-3-10-18(4-2)11-9-17-21(19,20)13-15-7-5-14(12-16)6-8-15/h5-8,17H,3-4,9-13,16H2,1-2H3. The van der Waals surface area contributed by atoms with Crippen LogP contribution in [-0.4, -0.2) is 39.5 Å². The lowest BCUT2D eigenvalue weighted by molar-refractivity contribution is 0.293. The molecule has 6 heteroatoms. The number of sulfonamides is 1. The quantitative estimate of drug-likeness (QED) is 0.683. The number of nitrogens with zero attached hydrogens (tertiary/aromatic N) is 1. The number of hydrogen-bond acceptors (Lipinski definition) is 4. The van der Waals surface area contributed by atoms with Gasteiger partial charge in [0.2, 0.25) is 10.0 Å². The van der Waals surface area contributed by atoms with Gasteiger partial charge >= 0.3 is 0 Å². The van der Waals surface area contributed by atoms with E-state index in [2.05, 4.69) is 23.5 Å². The minimum atomic E-state index is -3.28. The Morgan fingerprint density at radius 3 is 2.24 bits per heavy atom. The third kappa shape index (κ3) is 7.04. The van der Waals surface area contributed by atoms with E-state index in [0.29, 0.717) is 13.1 Å². The number of nitrogens with one attached hydrogen (secondary N) is 1. The molecule has 0 aliphatic rings. The van der Waals surface area contributed by atoms with Gasteiger partial charge in [-0.05, 0) is 30.6 Å². The molecule has 0 spiro atoms. The van der Waals surface area contributed by atoms with E-state index in [-0.39, 0.29) is 5.75 Å². The smallest absolute Gasteiger partial charge is 0.215 e. The van der Waals surface area contributed by atoms with Crippen LogP contribution in [0.1, 0.15) is 31.4 Å². The topological polar surface area (TPSA) is 75.4 Å². The molecule has 1 aromatic rings. The third-order valence-corrected chi connectivity index (χ3v) is 4.71. The number of likely N-dealkylation sites (N-methyl/N-ethyl adjacent to an activating group) is 1. The summed E-state index contributed by atoms with van der Waals surface area (Å²) in [5.41, 5.74) is 7.30. The van der Waals surface area contributed by atoms with Gasteiger partial charge in [0.15, 0.2) is 0 Å². The van der Waals surface area contributed by atoms with Gasteiger partial charge < -0.3 is 10.6 Å². The van der Waals surface area contributed by atoms with Gasteiger partial charge in [-0.3, -0.25) is 0 Å². The van der Waals surface area contributed by atoms with Crippen molar-refractivity contribution in [2.45, 2.75) is 32.6 Å². The van der Waals surface area contributed by atoms with Crippen LogP contribution >= 0.6 is 0 Å². The van der Waals surface area contributed by atoms with Crippen molar-refractivity contribution in [3.63, 3.8) is 0 Å². The first kappa shape index (κ1) is 18.1. The summed E-state index contributed by atoms with van der Waals surface area (Å²) in [5, 5.41) is 0. The molecule has 1 aromatic carbocycles. The van der Waals surface area contributed by atoms with Crippen LogP contribution < -0.4 is 10.5 Å². The van der Waals surface area contributed by atoms with Crippen molar-refractivity contribution >= 4 is 10.0 Å². The normalized spacial score (nSPS) is 12.0. The van der Waals surface area contributed by atoms with Crippen LogP contribution in [0.25, 0.3) is 0 Å². The van der Waals surface area contributed by atoms with E-state index >= 15 is 0 Å². The first-order valence-corrected chi connectivity index (χ1v) is 9.13. The first-order chi connectivity index (χ1) is 10.0. The zero-order chi connectivity index (χ0) is 15.7. The molecule has 0 aliphatic heterocycles. The number of nitrogens with two attached hydrogens (primary N) is 1.